The molecule has 32 heavy (non-hydrogen) atoms. The molecule has 1 saturated carbocycles. The Morgan fingerprint density at radius 2 is 1.88 bits per heavy atom. The van der Waals surface area contributed by atoms with E-state index < -0.39 is 34.5 Å². The van der Waals surface area contributed by atoms with Crippen LogP contribution in [0.25, 0.3) is 0 Å². The third kappa shape index (κ3) is 4.98. The summed E-state index contributed by atoms with van der Waals surface area (Å²) in [5.41, 5.74) is 2.31. The number of ether oxygens (including phenoxy) is 1. The van der Waals surface area contributed by atoms with Crippen molar-refractivity contribution < 1.29 is 27.6 Å². The van der Waals surface area contributed by atoms with Gasteiger partial charge in [-0.2, -0.15) is 13.4 Å². The summed E-state index contributed by atoms with van der Waals surface area (Å²) >= 11 is 0. The molecule has 13 heteroatoms. The Kier molecular flexibility index (Phi) is 6.55. The van der Waals surface area contributed by atoms with Gasteiger partial charge in [-0.25, -0.2) is 15.1 Å². The molecule has 1 aromatic carbocycles. The van der Waals surface area contributed by atoms with Gasteiger partial charge in [-0.1, -0.05) is 24.3 Å². The van der Waals surface area contributed by atoms with Gasteiger partial charge < -0.3 is 25.6 Å². The van der Waals surface area contributed by atoms with Crippen LogP contribution in [0.5, 0.6) is 0 Å². The van der Waals surface area contributed by atoms with Crippen molar-refractivity contribution in [3.8, 4) is 0 Å². The average molecular weight is 467 g/mol. The highest BCUT2D eigenvalue weighted by Gasteiger charge is 2.42. The molecule has 174 valence electrons. The second-order valence-electron chi connectivity index (χ2n) is 7.94. The van der Waals surface area contributed by atoms with Crippen molar-refractivity contribution in [3.63, 3.8) is 0 Å². The van der Waals surface area contributed by atoms with Crippen LogP contribution in [0.4, 0.5) is 11.9 Å². The highest BCUT2D eigenvalue weighted by molar-refractivity contribution is 7.84. The third-order valence-corrected chi connectivity index (χ3v) is 6.37. The Balaban J connectivity index is 1.43. The van der Waals surface area contributed by atoms with Gasteiger partial charge in [0, 0.05) is 19.4 Å². The van der Waals surface area contributed by atoms with Gasteiger partial charge in [0.05, 0.1) is 30.9 Å². The molecule has 6 atom stereocenters. The van der Waals surface area contributed by atoms with E-state index in [4.69, 9.17) is 9.88 Å². The average Bonchev–Trinajstić information content (AvgIpc) is 3.24. The lowest BCUT2D eigenvalue weighted by atomic mass is 10.1. The summed E-state index contributed by atoms with van der Waals surface area (Å²) in [6.45, 7) is -0.335. The first-order chi connectivity index (χ1) is 15.2. The number of nitrogens with two attached hydrogens (primary N) is 1. The van der Waals surface area contributed by atoms with Crippen molar-refractivity contribution in [2.75, 3.05) is 24.4 Å². The minimum absolute atomic E-state index is 0.0769. The molecule has 1 unspecified atom stereocenters. The second kappa shape index (κ2) is 9.21. The van der Waals surface area contributed by atoms with Crippen LogP contribution in [0.3, 0.4) is 0 Å². The monoisotopic (exact) mass is 466 g/mol. The van der Waals surface area contributed by atoms with E-state index in [1.165, 1.54) is 11.9 Å². The first-order valence-electron chi connectivity index (χ1n) is 10.1. The molecule has 0 aliphatic heterocycles. The number of aliphatic hydroxyl groups is 2. The molecule has 4 rings (SSSR count). The number of rotatable bonds is 8. The molecule has 2 aliphatic carbocycles. The lowest BCUT2D eigenvalue weighted by Crippen LogP contribution is -2.36. The summed E-state index contributed by atoms with van der Waals surface area (Å²) < 4.78 is 32.2. The first kappa shape index (κ1) is 22.8. The van der Waals surface area contributed by atoms with Crippen LogP contribution in [-0.4, -0.2) is 71.7 Å². The van der Waals surface area contributed by atoms with Crippen LogP contribution in [0, 0.1) is 5.92 Å². The third-order valence-electron chi connectivity index (χ3n) is 5.90. The quantitative estimate of drug-likeness (QED) is 0.333. The van der Waals surface area contributed by atoms with Crippen LogP contribution in [0.2, 0.25) is 0 Å². The maximum atomic E-state index is 11.0. The second-order valence-corrected chi connectivity index (χ2v) is 9.16. The minimum Gasteiger partial charge on any atom is -0.390 e. The number of hydrogen-bond donors (Lipinski definition) is 5. The van der Waals surface area contributed by atoms with Crippen molar-refractivity contribution in [2.24, 2.45) is 11.1 Å². The molecular weight excluding hydrogens is 440 g/mol. The first-order valence-corrected chi connectivity index (χ1v) is 11.6. The van der Waals surface area contributed by atoms with Crippen LogP contribution < -0.4 is 15.8 Å². The fourth-order valence-electron chi connectivity index (χ4n) is 4.30. The minimum atomic E-state index is -4.14. The SMILES string of the molecule is CO[C@H]1Cc2ccccc2C1Nc1ncnc(N[C@@H]2C[C@H](COS(N)(=O)=O)[C@@H](O)[C@H]2O)n1. The number of hydrogen-bond acceptors (Lipinski definition) is 11. The van der Waals surface area contributed by atoms with Crippen LogP contribution in [-0.2, 0) is 25.6 Å². The van der Waals surface area contributed by atoms with Gasteiger partial charge in [0.2, 0.25) is 11.9 Å². The Bertz CT molecular complexity index is 1060. The van der Waals surface area contributed by atoms with E-state index in [1.807, 2.05) is 18.2 Å². The van der Waals surface area contributed by atoms with Crippen LogP contribution in [0.1, 0.15) is 23.6 Å². The predicted octanol–water partition coefficient (Wildman–Crippen LogP) is -0.662. The molecule has 0 saturated heterocycles. The smallest absolute Gasteiger partial charge is 0.333 e. The van der Waals surface area contributed by atoms with Crippen LogP contribution in [0.15, 0.2) is 30.6 Å². The molecular formula is C19H26N6O6S. The number of fused-ring (bicyclic) bond motifs is 1. The maximum Gasteiger partial charge on any atom is 0.333 e. The summed E-state index contributed by atoms with van der Waals surface area (Å²) in [7, 11) is -2.48. The number of benzene rings is 1. The Labute approximate surface area is 185 Å². The van der Waals surface area contributed by atoms with Gasteiger partial charge in [-0.05, 0) is 17.5 Å². The van der Waals surface area contributed by atoms with Crippen molar-refractivity contribution >= 4 is 22.2 Å². The van der Waals surface area contributed by atoms with E-state index in [9.17, 15) is 18.6 Å². The topological polar surface area (TPSA) is 182 Å². The number of aromatic nitrogens is 3. The molecule has 0 amide bonds. The molecule has 2 aromatic rings. The number of nitrogens with zero attached hydrogens (tertiary/aromatic N) is 3. The van der Waals surface area contributed by atoms with Gasteiger partial charge in [0.15, 0.2) is 0 Å². The van der Waals surface area contributed by atoms with E-state index >= 15 is 0 Å². The lowest BCUT2D eigenvalue weighted by Gasteiger charge is -2.21. The molecule has 0 radical (unpaired) electrons. The normalized spacial score (nSPS) is 29.6. The van der Waals surface area contributed by atoms with Crippen molar-refractivity contribution in [1.29, 1.82) is 0 Å². The number of anilines is 2. The van der Waals surface area contributed by atoms with E-state index in [0.29, 0.717) is 5.95 Å². The predicted molar refractivity (Wildman–Crippen MR) is 114 cm³/mol. The Morgan fingerprint density at radius 1 is 1.16 bits per heavy atom. The molecule has 2 aliphatic rings. The van der Waals surface area contributed by atoms with Gasteiger partial charge in [-0.15, -0.1) is 0 Å². The zero-order valence-electron chi connectivity index (χ0n) is 17.3. The highest BCUT2D eigenvalue weighted by atomic mass is 32.2. The van der Waals surface area contributed by atoms with Crippen molar-refractivity contribution in [2.45, 2.75) is 43.2 Å². The fourth-order valence-corrected chi connectivity index (χ4v) is 4.67. The Hall–Kier alpha value is -2.42. The zero-order chi connectivity index (χ0) is 22.9. The number of methoxy groups -OCH3 is 1. The Morgan fingerprint density at radius 3 is 2.59 bits per heavy atom. The summed E-state index contributed by atoms with van der Waals surface area (Å²) in [4.78, 5) is 12.6. The number of aliphatic hydroxyl groups excluding tert-OH is 2. The summed E-state index contributed by atoms with van der Waals surface area (Å²) in [5, 5.41) is 31.7. The summed E-state index contributed by atoms with van der Waals surface area (Å²) in [6, 6.07) is 7.30. The van der Waals surface area contributed by atoms with Crippen molar-refractivity contribution in [1.82, 2.24) is 15.0 Å². The van der Waals surface area contributed by atoms with Gasteiger partial charge in [-0.3, -0.25) is 4.18 Å². The van der Waals surface area contributed by atoms with Gasteiger partial charge in [0.1, 0.15) is 12.4 Å². The fraction of sp³-hybridized carbons (Fsp3) is 0.526. The lowest BCUT2D eigenvalue weighted by molar-refractivity contribution is 0.00776. The summed E-state index contributed by atoms with van der Waals surface area (Å²) in [6.07, 6.45) is -0.0995. The number of nitrogens with one attached hydrogen (secondary N) is 2. The molecule has 0 spiro atoms. The van der Waals surface area contributed by atoms with Gasteiger partial charge >= 0.3 is 10.3 Å². The van der Waals surface area contributed by atoms with E-state index in [-0.39, 0.29) is 31.1 Å². The molecule has 0 bridgehead atoms. The summed E-state index contributed by atoms with van der Waals surface area (Å²) in [5.74, 6) is -0.0990. The van der Waals surface area contributed by atoms with E-state index in [1.54, 1.807) is 7.11 Å². The standard InChI is InChI=1S/C19H26N6O6S/c1-30-14-7-10-4-2-3-5-12(10)15(14)24-19-22-9-21-18(25-19)23-13-6-11(16(26)17(13)27)8-31-32(20,28)29/h2-5,9,11,13-17,26-27H,6-8H2,1H3,(H2,20,28,29)(H2,21,22,23,24,25)/t11-,13-,14+,15?,16-,17+/m1/s1. The van der Waals surface area contributed by atoms with Crippen LogP contribution >= 0.6 is 0 Å². The highest BCUT2D eigenvalue weighted by Crippen LogP contribution is 2.35. The molecule has 1 aromatic heterocycles. The van der Waals surface area contributed by atoms with E-state index in [0.717, 1.165) is 12.0 Å². The van der Waals surface area contributed by atoms with E-state index in [2.05, 4.69) is 35.8 Å². The maximum absolute atomic E-state index is 11.0. The molecule has 12 nitrogen and oxygen atoms in total. The van der Waals surface area contributed by atoms with Gasteiger partial charge in [0.25, 0.3) is 0 Å². The van der Waals surface area contributed by atoms with Crippen molar-refractivity contribution in [3.05, 3.63) is 41.7 Å². The largest absolute Gasteiger partial charge is 0.390 e. The molecule has 1 heterocycles. The zero-order valence-corrected chi connectivity index (χ0v) is 18.1. The molecule has 1 fully saturated rings. The molecule has 6 N–H and O–H groups in total.